The normalized spacial score (nSPS) is 40.4. The number of esters is 2. The van der Waals surface area contributed by atoms with Crippen LogP contribution in [-0.2, 0) is 23.7 Å². The van der Waals surface area contributed by atoms with Crippen molar-refractivity contribution in [1.29, 1.82) is 0 Å². The first-order valence-corrected chi connectivity index (χ1v) is 20.6. The van der Waals surface area contributed by atoms with Crippen LogP contribution in [-0.4, -0.2) is 47.7 Å². The first-order valence-electron chi connectivity index (χ1n) is 20.6. The molecule has 1 heterocycles. The lowest BCUT2D eigenvalue weighted by molar-refractivity contribution is -0.394. The Morgan fingerprint density at radius 1 is 0.825 bits per heavy atom. The molecule has 306 valence electrons. The van der Waals surface area contributed by atoms with Gasteiger partial charge in [0.1, 0.15) is 12.2 Å². The molecular formula is C45H56N2O10. The zero-order valence-corrected chi connectivity index (χ0v) is 34.2. The Bertz CT molecular complexity index is 2000. The van der Waals surface area contributed by atoms with E-state index in [0.29, 0.717) is 13.0 Å². The Hall–Kier alpha value is -4.16. The number of rotatable bonds is 6. The molecule has 5 aliphatic carbocycles. The summed E-state index contributed by atoms with van der Waals surface area (Å²) < 4.78 is 25.4. The van der Waals surface area contributed by atoms with Gasteiger partial charge in [-0.15, -0.1) is 0 Å². The first kappa shape index (κ1) is 39.7. The summed E-state index contributed by atoms with van der Waals surface area (Å²) in [6.07, 6.45) is 8.03. The lowest BCUT2D eigenvalue weighted by Crippen LogP contribution is -2.70. The Labute approximate surface area is 334 Å². The molecule has 0 N–H and O–H groups in total. The molecular weight excluding hydrogens is 728 g/mol. The van der Waals surface area contributed by atoms with Gasteiger partial charge in [0.05, 0.1) is 40.6 Å². The summed E-state index contributed by atoms with van der Waals surface area (Å²) in [4.78, 5) is 49.9. The summed E-state index contributed by atoms with van der Waals surface area (Å²) in [5.41, 5.74) is -0.800. The van der Waals surface area contributed by atoms with Gasteiger partial charge in [-0.1, -0.05) is 83.5 Å². The number of non-ortho nitro benzene ring substituents is 2. The number of nitro benzene ring substituents is 2. The highest BCUT2D eigenvalue weighted by atomic mass is 16.7. The van der Waals surface area contributed by atoms with E-state index in [1.54, 1.807) is 0 Å². The molecule has 1 aliphatic heterocycles. The maximum absolute atomic E-state index is 14.1. The summed E-state index contributed by atoms with van der Waals surface area (Å²) in [5.74, 6) is -0.518. The third kappa shape index (κ3) is 5.89. The van der Waals surface area contributed by atoms with Gasteiger partial charge in [-0.05, 0) is 97.2 Å². The third-order valence-corrected chi connectivity index (χ3v) is 16.6. The van der Waals surface area contributed by atoms with E-state index in [1.807, 2.05) is 30.3 Å². The van der Waals surface area contributed by atoms with Crippen molar-refractivity contribution in [2.45, 2.75) is 118 Å². The quantitative estimate of drug-likeness (QED) is 0.120. The number of hydrogen-bond donors (Lipinski definition) is 0. The number of benzene rings is 2. The van der Waals surface area contributed by atoms with Crippen molar-refractivity contribution in [2.75, 3.05) is 13.7 Å². The van der Waals surface area contributed by atoms with Gasteiger partial charge >= 0.3 is 11.9 Å². The van der Waals surface area contributed by atoms with E-state index >= 15 is 0 Å². The Balaban J connectivity index is 1.20. The van der Waals surface area contributed by atoms with Gasteiger partial charge in [-0.3, -0.25) is 25.0 Å². The molecule has 11 atom stereocenters. The highest BCUT2D eigenvalue weighted by Crippen LogP contribution is 2.76. The minimum atomic E-state index is -0.870. The smallest absolute Gasteiger partial charge is 0.339 e. The molecule has 0 radical (unpaired) electrons. The van der Waals surface area contributed by atoms with Crippen LogP contribution in [0.2, 0.25) is 0 Å². The monoisotopic (exact) mass is 784 g/mol. The van der Waals surface area contributed by atoms with Gasteiger partial charge < -0.3 is 18.9 Å². The van der Waals surface area contributed by atoms with Crippen molar-refractivity contribution in [3.05, 3.63) is 91.5 Å². The van der Waals surface area contributed by atoms with Crippen LogP contribution in [0.15, 0.2) is 60.2 Å². The van der Waals surface area contributed by atoms with Gasteiger partial charge in [-0.2, -0.15) is 0 Å². The molecule has 57 heavy (non-hydrogen) atoms. The molecule has 5 fully saturated rings. The number of carbonyl (C=O) groups excluding carboxylic acids is 2. The second-order valence-corrected chi connectivity index (χ2v) is 19.9. The zero-order valence-electron chi connectivity index (χ0n) is 34.2. The van der Waals surface area contributed by atoms with Gasteiger partial charge in [0.25, 0.3) is 11.4 Å². The van der Waals surface area contributed by atoms with Crippen molar-refractivity contribution in [2.24, 2.45) is 50.2 Å². The van der Waals surface area contributed by atoms with Gasteiger partial charge in [-0.25, -0.2) is 4.79 Å². The minimum Gasteiger partial charge on any atom is -0.469 e. The molecule has 0 spiro atoms. The third-order valence-electron chi connectivity index (χ3n) is 16.6. The van der Waals surface area contributed by atoms with Gasteiger partial charge in [0.2, 0.25) is 0 Å². The van der Waals surface area contributed by atoms with Crippen LogP contribution < -0.4 is 0 Å². The Morgan fingerprint density at radius 2 is 1.49 bits per heavy atom. The molecule has 1 unspecified atom stereocenters. The van der Waals surface area contributed by atoms with E-state index in [4.69, 9.17) is 18.9 Å². The van der Waals surface area contributed by atoms with Crippen LogP contribution in [0, 0.1) is 70.5 Å². The number of nitro groups is 2. The molecule has 8 rings (SSSR count). The fourth-order valence-corrected chi connectivity index (χ4v) is 13.6. The molecule has 12 nitrogen and oxygen atoms in total. The number of fused-ring (bicyclic) bond motifs is 9. The number of allylic oxidation sites excluding steroid dienone is 2. The zero-order chi connectivity index (χ0) is 40.9. The molecule has 2 aromatic carbocycles. The molecule has 1 saturated heterocycles. The maximum Gasteiger partial charge on any atom is 0.339 e. The molecule has 2 aromatic rings. The SMILES string of the molecule is COC(=O)[C@]12CCC(C)(C)C[C@H]1C1=CC[C@@H]3[C@@]4(C)C[C@@H](OC(=O)c5cc([N+](=O)[O-])cc([N+](=O)[O-])c5)[C@@H]5OC(c6ccccc6)OC[C@@]5(C)[C@@H]4CC[C@@]3(C)[C@]1(C)CC2. The number of hydrogen-bond acceptors (Lipinski definition) is 10. The molecule has 12 heteroatoms. The number of ether oxygens (including phenoxy) is 4. The van der Waals surface area contributed by atoms with E-state index < -0.39 is 56.5 Å². The molecule has 0 bridgehead atoms. The standard InChI is InChI=1S/C45H56N2O10/c1-40(2)17-19-45(39(49)54-7)20-18-43(5)31(32(45)24-40)13-14-35-41(3)25-33(56-37(48)28-21-29(46(50)51)23-30(22-28)47(52)53)36-42(4,34(41)15-16-44(35,43)6)26-55-38(57-36)27-11-9-8-10-12-27/h8-13,21-23,32-36,38H,14-20,24-26H2,1-7H3/t32-,33+,34+,35+,36-,38?,41-,42-,43+,44+,45-/m0/s1. The van der Waals surface area contributed by atoms with Crippen LogP contribution >= 0.6 is 0 Å². The topological polar surface area (TPSA) is 157 Å². The highest BCUT2D eigenvalue weighted by Gasteiger charge is 2.72. The summed E-state index contributed by atoms with van der Waals surface area (Å²) in [6.45, 7) is 14.4. The van der Waals surface area contributed by atoms with Crippen LogP contribution in [0.1, 0.15) is 122 Å². The van der Waals surface area contributed by atoms with Crippen molar-refractivity contribution < 1.29 is 38.4 Å². The van der Waals surface area contributed by atoms with Crippen LogP contribution in [0.25, 0.3) is 0 Å². The average Bonchev–Trinajstić information content (AvgIpc) is 3.17. The second kappa shape index (κ2) is 13.4. The predicted molar refractivity (Wildman–Crippen MR) is 210 cm³/mol. The largest absolute Gasteiger partial charge is 0.469 e. The molecule has 6 aliphatic rings. The average molecular weight is 785 g/mol. The van der Waals surface area contributed by atoms with Crippen molar-refractivity contribution in [1.82, 2.24) is 0 Å². The fraction of sp³-hybridized carbons (Fsp3) is 0.644. The Morgan fingerprint density at radius 3 is 2.14 bits per heavy atom. The van der Waals surface area contributed by atoms with Gasteiger partial charge in [0.15, 0.2) is 6.29 Å². The van der Waals surface area contributed by atoms with Gasteiger partial charge in [0, 0.05) is 23.1 Å². The van der Waals surface area contributed by atoms with Crippen molar-refractivity contribution in [3.63, 3.8) is 0 Å². The molecule has 0 aromatic heterocycles. The van der Waals surface area contributed by atoms with E-state index in [0.717, 1.165) is 75.1 Å². The number of nitrogens with zero attached hydrogens (tertiary/aromatic N) is 2. The van der Waals surface area contributed by atoms with Crippen LogP contribution in [0.4, 0.5) is 11.4 Å². The van der Waals surface area contributed by atoms with Crippen molar-refractivity contribution >= 4 is 23.3 Å². The maximum atomic E-state index is 14.1. The lowest BCUT2D eigenvalue weighted by Gasteiger charge is -2.72. The summed E-state index contributed by atoms with van der Waals surface area (Å²) in [6, 6.07) is 12.6. The minimum absolute atomic E-state index is 0.0787. The van der Waals surface area contributed by atoms with Crippen LogP contribution in [0.3, 0.4) is 0 Å². The number of carbonyl (C=O) groups is 2. The fourth-order valence-electron chi connectivity index (χ4n) is 13.6. The lowest BCUT2D eigenvalue weighted by atomic mass is 9.33. The predicted octanol–water partition coefficient (Wildman–Crippen LogP) is 9.71. The van der Waals surface area contributed by atoms with Crippen molar-refractivity contribution in [3.8, 4) is 0 Å². The van der Waals surface area contributed by atoms with Crippen LogP contribution in [0.5, 0.6) is 0 Å². The summed E-state index contributed by atoms with van der Waals surface area (Å²) in [7, 11) is 1.53. The number of methoxy groups -OCH3 is 1. The van der Waals surface area contributed by atoms with E-state index in [-0.39, 0.29) is 50.9 Å². The Kier molecular flexibility index (Phi) is 9.35. The van der Waals surface area contributed by atoms with E-state index in [2.05, 4.69) is 47.6 Å². The summed E-state index contributed by atoms with van der Waals surface area (Å²) >= 11 is 0. The molecule has 4 saturated carbocycles. The second-order valence-electron chi connectivity index (χ2n) is 19.9. The molecule has 0 amide bonds. The van der Waals surface area contributed by atoms with E-state index in [1.165, 1.54) is 12.7 Å². The summed E-state index contributed by atoms with van der Waals surface area (Å²) in [5, 5.41) is 23.6. The highest BCUT2D eigenvalue weighted by molar-refractivity contribution is 5.91. The van der Waals surface area contributed by atoms with E-state index in [9.17, 15) is 29.8 Å². The first-order chi connectivity index (χ1) is 26.8.